The summed E-state index contributed by atoms with van der Waals surface area (Å²) in [5.74, 6) is -0.316. The first-order valence-corrected chi connectivity index (χ1v) is 11.8. The summed E-state index contributed by atoms with van der Waals surface area (Å²) in [4.78, 5) is 12.6. The van der Waals surface area contributed by atoms with Gasteiger partial charge >= 0.3 is 0 Å². The van der Waals surface area contributed by atoms with Gasteiger partial charge in [-0.15, -0.1) is 0 Å². The highest BCUT2D eigenvalue weighted by molar-refractivity contribution is 7.90. The highest BCUT2D eigenvalue weighted by Gasteiger charge is 2.29. The first-order chi connectivity index (χ1) is 11.5. The van der Waals surface area contributed by atoms with E-state index in [9.17, 15) is 21.6 Å². The van der Waals surface area contributed by atoms with Crippen molar-refractivity contribution in [1.29, 1.82) is 0 Å². The molecule has 0 saturated carbocycles. The molecule has 1 fully saturated rings. The van der Waals surface area contributed by atoms with Gasteiger partial charge in [-0.3, -0.25) is 4.79 Å². The van der Waals surface area contributed by atoms with E-state index in [0.717, 1.165) is 11.8 Å². The van der Waals surface area contributed by atoms with Crippen LogP contribution in [0.15, 0.2) is 29.2 Å². The largest absolute Gasteiger partial charge is 0.349 e. The number of carbonyl (C=O) groups is 1. The summed E-state index contributed by atoms with van der Waals surface area (Å²) in [5.41, 5.74) is 0.814. The predicted molar refractivity (Wildman–Crippen MR) is 95.3 cm³/mol. The third-order valence-corrected chi connectivity index (χ3v) is 6.89. The van der Waals surface area contributed by atoms with Crippen LogP contribution in [0.4, 0.5) is 0 Å². The van der Waals surface area contributed by atoms with Gasteiger partial charge < -0.3 is 5.32 Å². The number of sulfonamides is 1. The Morgan fingerprint density at radius 2 is 1.60 bits per heavy atom. The van der Waals surface area contributed by atoms with Crippen molar-refractivity contribution in [2.75, 3.05) is 25.6 Å². The fourth-order valence-electron chi connectivity index (χ4n) is 2.87. The van der Waals surface area contributed by atoms with E-state index >= 15 is 0 Å². The van der Waals surface area contributed by atoms with Gasteiger partial charge in [0, 0.05) is 25.3 Å². The van der Waals surface area contributed by atoms with Gasteiger partial charge in [0.05, 0.1) is 17.2 Å². The lowest BCUT2D eigenvalue weighted by atomic mass is 9.96. The molecule has 1 unspecified atom stereocenters. The van der Waals surface area contributed by atoms with Gasteiger partial charge in [0.25, 0.3) is 0 Å². The summed E-state index contributed by atoms with van der Waals surface area (Å²) in [5, 5.41) is 2.92. The first kappa shape index (κ1) is 19.9. The van der Waals surface area contributed by atoms with Gasteiger partial charge in [-0.2, -0.15) is 0 Å². The molecular formula is C16H24N2O5S2. The number of nitrogens with zero attached hydrogens (tertiary/aromatic N) is 1. The topological polar surface area (TPSA) is 101 Å². The molecule has 1 saturated heterocycles. The highest BCUT2D eigenvalue weighted by Crippen LogP contribution is 2.21. The average molecular weight is 389 g/mol. The normalized spacial score (nSPS) is 18.7. The van der Waals surface area contributed by atoms with Crippen LogP contribution in [0.3, 0.4) is 0 Å². The molecule has 0 aromatic heterocycles. The van der Waals surface area contributed by atoms with Crippen LogP contribution in [0.1, 0.15) is 31.4 Å². The van der Waals surface area contributed by atoms with Crippen molar-refractivity contribution in [3.05, 3.63) is 29.8 Å². The number of rotatable bonds is 5. The van der Waals surface area contributed by atoms with Crippen molar-refractivity contribution in [1.82, 2.24) is 9.62 Å². The molecule has 0 bridgehead atoms. The average Bonchev–Trinajstić information content (AvgIpc) is 2.53. The zero-order valence-electron chi connectivity index (χ0n) is 14.6. The third-order valence-electron chi connectivity index (χ3n) is 4.46. The molecule has 1 aliphatic rings. The van der Waals surface area contributed by atoms with Crippen LogP contribution >= 0.6 is 0 Å². The second kappa shape index (κ2) is 7.43. The number of piperidine rings is 1. The van der Waals surface area contributed by atoms with Crippen LogP contribution in [0, 0.1) is 5.92 Å². The fraction of sp³-hybridized carbons (Fsp3) is 0.562. The van der Waals surface area contributed by atoms with E-state index in [1.807, 2.05) is 6.92 Å². The van der Waals surface area contributed by atoms with E-state index in [1.54, 1.807) is 12.1 Å². The molecule has 1 N–H and O–H groups in total. The van der Waals surface area contributed by atoms with Crippen molar-refractivity contribution in [3.63, 3.8) is 0 Å². The van der Waals surface area contributed by atoms with Crippen molar-refractivity contribution < 1.29 is 21.6 Å². The Kier molecular flexibility index (Phi) is 5.90. The van der Waals surface area contributed by atoms with Crippen LogP contribution in [0.5, 0.6) is 0 Å². The second-order valence-corrected chi connectivity index (χ2v) is 10.5. The summed E-state index contributed by atoms with van der Waals surface area (Å²) < 4.78 is 47.4. The van der Waals surface area contributed by atoms with Gasteiger partial charge in [0.15, 0.2) is 9.84 Å². The maximum absolute atomic E-state index is 12.4. The van der Waals surface area contributed by atoms with Gasteiger partial charge in [0.1, 0.15) is 0 Å². The second-order valence-electron chi connectivity index (χ2n) is 6.51. The summed E-state index contributed by atoms with van der Waals surface area (Å²) in [6.45, 7) is 2.54. The molecule has 25 heavy (non-hydrogen) atoms. The van der Waals surface area contributed by atoms with E-state index in [2.05, 4.69) is 5.32 Å². The Hall–Kier alpha value is -1.45. The van der Waals surface area contributed by atoms with Gasteiger partial charge in [0.2, 0.25) is 15.9 Å². The lowest BCUT2D eigenvalue weighted by Gasteiger charge is -2.30. The van der Waals surface area contributed by atoms with Gasteiger partial charge in [-0.1, -0.05) is 12.1 Å². The molecule has 1 aromatic carbocycles. The highest BCUT2D eigenvalue weighted by atomic mass is 32.2. The molecule has 2 rings (SSSR count). The zero-order chi connectivity index (χ0) is 18.8. The van der Waals surface area contributed by atoms with Crippen LogP contribution in [-0.2, 0) is 24.7 Å². The van der Waals surface area contributed by atoms with Crippen molar-refractivity contribution in [3.8, 4) is 0 Å². The minimum atomic E-state index is -3.24. The Morgan fingerprint density at radius 1 is 1.08 bits per heavy atom. The summed E-state index contributed by atoms with van der Waals surface area (Å²) in [6, 6.07) is 6.17. The molecule has 7 nitrogen and oxygen atoms in total. The molecule has 1 atom stereocenters. The van der Waals surface area contributed by atoms with E-state index in [1.165, 1.54) is 22.7 Å². The molecule has 0 spiro atoms. The van der Waals surface area contributed by atoms with E-state index in [0.29, 0.717) is 25.9 Å². The zero-order valence-corrected chi connectivity index (χ0v) is 16.2. The SMILES string of the molecule is CC(NC(=O)C1CCN(S(C)(=O)=O)CC1)c1ccc(S(C)(=O)=O)cc1. The fourth-order valence-corrected chi connectivity index (χ4v) is 4.37. The Balaban J connectivity index is 1.95. The molecule has 140 valence electrons. The molecule has 1 heterocycles. The maximum atomic E-state index is 12.4. The maximum Gasteiger partial charge on any atom is 0.223 e. The Bertz CT molecular complexity index is 824. The third kappa shape index (κ3) is 5.26. The molecule has 1 aromatic rings. The Morgan fingerprint density at radius 3 is 2.04 bits per heavy atom. The number of hydrogen-bond donors (Lipinski definition) is 1. The first-order valence-electron chi connectivity index (χ1n) is 8.04. The van der Waals surface area contributed by atoms with Gasteiger partial charge in [-0.05, 0) is 37.5 Å². The number of nitrogens with one attached hydrogen (secondary N) is 1. The molecule has 0 radical (unpaired) electrons. The van der Waals surface area contributed by atoms with Gasteiger partial charge in [-0.25, -0.2) is 21.1 Å². The Labute approximate surface area is 149 Å². The van der Waals surface area contributed by atoms with Crippen molar-refractivity contribution in [2.24, 2.45) is 5.92 Å². The quantitative estimate of drug-likeness (QED) is 0.809. The van der Waals surface area contributed by atoms with E-state index in [4.69, 9.17) is 0 Å². The summed E-state index contributed by atoms with van der Waals surface area (Å²) in [7, 11) is -6.45. The number of carbonyl (C=O) groups excluding carboxylic acids is 1. The molecule has 0 aliphatic carbocycles. The lowest BCUT2D eigenvalue weighted by Crippen LogP contribution is -2.43. The van der Waals surface area contributed by atoms with Crippen molar-refractivity contribution in [2.45, 2.75) is 30.7 Å². The van der Waals surface area contributed by atoms with E-state index in [-0.39, 0.29) is 22.8 Å². The van der Waals surface area contributed by atoms with Crippen LogP contribution in [-0.4, -0.2) is 52.6 Å². The monoisotopic (exact) mass is 388 g/mol. The number of hydrogen-bond acceptors (Lipinski definition) is 5. The van der Waals surface area contributed by atoms with E-state index < -0.39 is 19.9 Å². The van der Waals surface area contributed by atoms with Crippen molar-refractivity contribution >= 4 is 25.8 Å². The molecular weight excluding hydrogens is 364 g/mol. The molecule has 9 heteroatoms. The van der Waals surface area contributed by atoms with Crippen LogP contribution in [0.2, 0.25) is 0 Å². The summed E-state index contributed by atoms with van der Waals surface area (Å²) in [6.07, 6.45) is 3.32. The number of benzene rings is 1. The smallest absolute Gasteiger partial charge is 0.223 e. The minimum absolute atomic E-state index is 0.104. The lowest BCUT2D eigenvalue weighted by molar-refractivity contribution is -0.126. The molecule has 1 amide bonds. The molecule has 1 aliphatic heterocycles. The summed E-state index contributed by atoms with van der Waals surface area (Å²) >= 11 is 0. The predicted octanol–water partition coefficient (Wildman–Crippen LogP) is 0.939. The minimum Gasteiger partial charge on any atom is -0.349 e. The number of sulfone groups is 1. The number of amides is 1. The van der Waals surface area contributed by atoms with Crippen LogP contribution in [0.25, 0.3) is 0 Å². The van der Waals surface area contributed by atoms with Crippen LogP contribution < -0.4 is 5.32 Å². The standard InChI is InChI=1S/C16H24N2O5S2/c1-12(13-4-6-15(7-5-13)24(2,20)21)17-16(19)14-8-10-18(11-9-14)25(3,22)23/h4-7,12,14H,8-11H2,1-3H3,(H,17,19).